The van der Waals surface area contributed by atoms with Gasteiger partial charge in [-0.2, -0.15) is 0 Å². The maximum Gasteiger partial charge on any atom is 0.134 e. The molecule has 3 rings (SSSR count). The van der Waals surface area contributed by atoms with Crippen molar-refractivity contribution < 1.29 is 9.47 Å². The van der Waals surface area contributed by atoms with Gasteiger partial charge >= 0.3 is 0 Å². The van der Waals surface area contributed by atoms with Gasteiger partial charge in [0, 0.05) is 23.0 Å². The van der Waals surface area contributed by atoms with Gasteiger partial charge in [-0.15, -0.1) is 0 Å². The molecule has 0 unspecified atom stereocenters. The van der Waals surface area contributed by atoms with Crippen LogP contribution in [0.25, 0.3) is 11.3 Å². The summed E-state index contributed by atoms with van der Waals surface area (Å²) in [5.74, 6) is 2.11. The number of nitrogens with one attached hydrogen (secondary N) is 1. The minimum absolute atomic E-state index is 0.662. The third-order valence-corrected chi connectivity index (χ3v) is 3.51. The number of ether oxygens (including phenoxy) is 2. The Kier molecular flexibility index (Phi) is 4.47. The van der Waals surface area contributed by atoms with E-state index in [0.29, 0.717) is 17.3 Å². The molecule has 0 saturated carbocycles. The first-order chi connectivity index (χ1) is 11.7. The van der Waals surface area contributed by atoms with Gasteiger partial charge in [-0.25, -0.2) is 9.97 Å². The van der Waals surface area contributed by atoms with E-state index >= 15 is 0 Å². The lowest BCUT2D eigenvalue weighted by molar-refractivity contribution is 0.404. The van der Waals surface area contributed by atoms with Crippen molar-refractivity contribution in [2.75, 3.05) is 25.3 Å². The van der Waals surface area contributed by atoms with Gasteiger partial charge in [-0.1, -0.05) is 6.07 Å². The first kappa shape index (κ1) is 15.6. The molecule has 0 bridgehead atoms. The second kappa shape index (κ2) is 6.87. The predicted octanol–water partition coefficient (Wildman–Crippen LogP) is 3.49. The van der Waals surface area contributed by atoms with Crippen LogP contribution in [0.5, 0.6) is 11.5 Å². The Morgan fingerprint density at radius 3 is 2.58 bits per heavy atom. The fraction of sp³-hybridized carbons (Fsp3) is 0.111. The lowest BCUT2D eigenvalue weighted by Crippen LogP contribution is -1.97. The van der Waals surface area contributed by atoms with Gasteiger partial charge in [-0.3, -0.25) is 0 Å². The van der Waals surface area contributed by atoms with Crippen LogP contribution < -0.4 is 20.5 Å². The zero-order valence-electron chi connectivity index (χ0n) is 13.5. The number of aromatic nitrogens is 2. The largest absolute Gasteiger partial charge is 0.497 e. The minimum atomic E-state index is 0.662. The third-order valence-electron chi connectivity index (χ3n) is 3.51. The zero-order valence-corrected chi connectivity index (χ0v) is 13.5. The Balaban J connectivity index is 1.96. The Labute approximate surface area is 140 Å². The normalized spacial score (nSPS) is 10.2. The topological polar surface area (TPSA) is 82.3 Å². The average Bonchev–Trinajstić information content (AvgIpc) is 2.61. The zero-order chi connectivity index (χ0) is 16.9. The molecule has 1 heterocycles. The van der Waals surface area contributed by atoms with Crippen molar-refractivity contribution in [2.24, 2.45) is 0 Å². The van der Waals surface area contributed by atoms with Gasteiger partial charge in [0.2, 0.25) is 0 Å². The number of nitrogens with zero attached hydrogens (tertiary/aromatic N) is 2. The number of hydrogen-bond acceptors (Lipinski definition) is 6. The van der Waals surface area contributed by atoms with E-state index in [1.165, 1.54) is 6.33 Å². The average molecular weight is 322 g/mol. The van der Waals surface area contributed by atoms with E-state index < -0.39 is 0 Å². The number of nitrogens with two attached hydrogens (primary N) is 1. The van der Waals surface area contributed by atoms with E-state index in [4.69, 9.17) is 15.2 Å². The van der Waals surface area contributed by atoms with E-state index in [2.05, 4.69) is 15.3 Å². The Hall–Kier alpha value is -3.28. The van der Waals surface area contributed by atoms with Crippen molar-refractivity contribution in [1.29, 1.82) is 0 Å². The summed E-state index contributed by atoms with van der Waals surface area (Å²) in [6.45, 7) is 0. The highest BCUT2D eigenvalue weighted by Crippen LogP contribution is 2.33. The first-order valence-electron chi connectivity index (χ1n) is 7.36. The molecule has 122 valence electrons. The molecule has 6 nitrogen and oxygen atoms in total. The second-order valence-electron chi connectivity index (χ2n) is 5.11. The van der Waals surface area contributed by atoms with Gasteiger partial charge in [0.05, 0.1) is 19.9 Å². The highest BCUT2D eigenvalue weighted by molar-refractivity contribution is 5.72. The van der Waals surface area contributed by atoms with Crippen molar-refractivity contribution in [3.63, 3.8) is 0 Å². The van der Waals surface area contributed by atoms with Crippen molar-refractivity contribution in [3.05, 3.63) is 54.9 Å². The van der Waals surface area contributed by atoms with E-state index in [0.717, 1.165) is 22.7 Å². The molecule has 0 fully saturated rings. The molecule has 0 atom stereocenters. The van der Waals surface area contributed by atoms with Crippen molar-refractivity contribution in [1.82, 2.24) is 9.97 Å². The Morgan fingerprint density at radius 2 is 1.83 bits per heavy atom. The summed E-state index contributed by atoms with van der Waals surface area (Å²) in [5.41, 5.74) is 8.90. The van der Waals surface area contributed by atoms with Crippen LogP contribution in [0.2, 0.25) is 0 Å². The molecular weight excluding hydrogens is 304 g/mol. The fourth-order valence-corrected chi connectivity index (χ4v) is 2.35. The molecule has 2 aromatic carbocycles. The van der Waals surface area contributed by atoms with Gasteiger partial charge in [0.25, 0.3) is 0 Å². The molecule has 0 radical (unpaired) electrons. The minimum Gasteiger partial charge on any atom is -0.497 e. The van der Waals surface area contributed by atoms with Crippen molar-refractivity contribution in [2.45, 2.75) is 0 Å². The summed E-state index contributed by atoms with van der Waals surface area (Å²) < 4.78 is 10.7. The predicted molar refractivity (Wildman–Crippen MR) is 94.7 cm³/mol. The van der Waals surface area contributed by atoms with Crippen LogP contribution >= 0.6 is 0 Å². The lowest BCUT2D eigenvalue weighted by Gasteiger charge is -2.11. The van der Waals surface area contributed by atoms with Crippen LogP contribution in [0.4, 0.5) is 17.2 Å². The van der Waals surface area contributed by atoms with Crippen LogP contribution in [0.3, 0.4) is 0 Å². The summed E-state index contributed by atoms with van der Waals surface area (Å²) >= 11 is 0. The highest BCUT2D eigenvalue weighted by atomic mass is 16.5. The maximum atomic E-state index is 5.80. The fourth-order valence-electron chi connectivity index (χ4n) is 2.35. The summed E-state index contributed by atoms with van der Waals surface area (Å²) in [5, 5.41) is 3.22. The standard InChI is InChI=1S/C18H18N4O2/c1-23-14-6-7-17(24-2)15(9-14)16-10-18(21-11-20-16)22-13-5-3-4-12(19)8-13/h3-11H,19H2,1-2H3,(H,20,21,22). The van der Waals surface area contributed by atoms with Crippen LogP contribution in [-0.4, -0.2) is 24.2 Å². The van der Waals surface area contributed by atoms with Crippen LogP contribution in [0.1, 0.15) is 0 Å². The molecule has 0 aliphatic carbocycles. The smallest absolute Gasteiger partial charge is 0.134 e. The molecule has 6 heteroatoms. The molecule has 0 spiro atoms. The summed E-state index contributed by atoms with van der Waals surface area (Å²) in [6.07, 6.45) is 1.50. The van der Waals surface area contributed by atoms with Gasteiger partial charge in [0.1, 0.15) is 23.6 Å². The van der Waals surface area contributed by atoms with E-state index in [1.807, 2.05) is 48.5 Å². The lowest BCUT2D eigenvalue weighted by atomic mass is 10.1. The molecule has 3 N–H and O–H groups in total. The SMILES string of the molecule is COc1ccc(OC)c(-c2cc(Nc3cccc(N)c3)ncn2)c1. The number of benzene rings is 2. The number of anilines is 3. The number of nitrogen functional groups attached to an aromatic ring is 1. The molecule has 0 aliphatic rings. The van der Waals surface area contributed by atoms with Gasteiger partial charge in [-0.05, 0) is 36.4 Å². The van der Waals surface area contributed by atoms with E-state index in [9.17, 15) is 0 Å². The van der Waals surface area contributed by atoms with Crippen LogP contribution in [-0.2, 0) is 0 Å². The molecule has 0 amide bonds. The molecular formula is C18H18N4O2. The molecule has 0 aliphatic heterocycles. The third kappa shape index (κ3) is 3.38. The first-order valence-corrected chi connectivity index (χ1v) is 7.36. The summed E-state index contributed by atoms with van der Waals surface area (Å²) in [7, 11) is 3.25. The second-order valence-corrected chi connectivity index (χ2v) is 5.11. The number of rotatable bonds is 5. The quantitative estimate of drug-likeness (QED) is 0.700. The van der Waals surface area contributed by atoms with Gasteiger partial charge in [0.15, 0.2) is 0 Å². The summed E-state index contributed by atoms with van der Waals surface area (Å²) in [4.78, 5) is 8.59. The number of hydrogen-bond donors (Lipinski definition) is 2. The van der Waals surface area contributed by atoms with E-state index in [1.54, 1.807) is 14.2 Å². The van der Waals surface area contributed by atoms with E-state index in [-0.39, 0.29) is 0 Å². The monoisotopic (exact) mass is 322 g/mol. The molecule has 3 aromatic rings. The Morgan fingerprint density at radius 1 is 0.958 bits per heavy atom. The highest BCUT2D eigenvalue weighted by Gasteiger charge is 2.10. The van der Waals surface area contributed by atoms with Crippen molar-refractivity contribution in [3.8, 4) is 22.8 Å². The number of methoxy groups -OCH3 is 2. The van der Waals surface area contributed by atoms with Crippen LogP contribution in [0, 0.1) is 0 Å². The summed E-state index contributed by atoms with van der Waals surface area (Å²) in [6, 6.07) is 14.9. The van der Waals surface area contributed by atoms with Gasteiger partial charge < -0.3 is 20.5 Å². The molecule has 0 saturated heterocycles. The molecule has 24 heavy (non-hydrogen) atoms. The maximum absolute atomic E-state index is 5.80. The molecule has 1 aromatic heterocycles. The van der Waals surface area contributed by atoms with Crippen LogP contribution in [0.15, 0.2) is 54.9 Å². The van der Waals surface area contributed by atoms with Crippen molar-refractivity contribution >= 4 is 17.2 Å². The Bertz CT molecular complexity index is 852.